The van der Waals surface area contributed by atoms with E-state index in [0.717, 1.165) is 37.9 Å². The minimum atomic E-state index is 0.227. The maximum absolute atomic E-state index is 12.4. The van der Waals surface area contributed by atoms with E-state index < -0.39 is 0 Å². The minimum Gasteiger partial charge on any atom is -0.342 e. The molecule has 0 aromatic rings. The van der Waals surface area contributed by atoms with Crippen molar-refractivity contribution in [3.63, 3.8) is 0 Å². The van der Waals surface area contributed by atoms with Crippen molar-refractivity contribution in [1.29, 1.82) is 0 Å². The van der Waals surface area contributed by atoms with E-state index in [1.165, 1.54) is 12.8 Å². The third kappa shape index (κ3) is 2.82. The average molecular weight is 238 g/mol. The van der Waals surface area contributed by atoms with Gasteiger partial charge in [-0.1, -0.05) is 13.8 Å². The van der Waals surface area contributed by atoms with E-state index in [1.807, 2.05) is 0 Å². The molecule has 0 saturated carbocycles. The Balaban J connectivity index is 1.86. The topological polar surface area (TPSA) is 32.3 Å². The number of likely N-dealkylation sites (tertiary alicyclic amines) is 1. The van der Waals surface area contributed by atoms with E-state index in [0.29, 0.717) is 11.9 Å². The molecule has 17 heavy (non-hydrogen) atoms. The molecule has 2 atom stereocenters. The molecular formula is C14H26N2O. The lowest BCUT2D eigenvalue weighted by Crippen LogP contribution is -2.44. The largest absolute Gasteiger partial charge is 0.342 e. The molecule has 2 unspecified atom stereocenters. The molecule has 0 aliphatic carbocycles. The lowest BCUT2D eigenvalue weighted by atomic mass is 9.86. The second-order valence-corrected chi connectivity index (χ2v) is 6.04. The van der Waals surface area contributed by atoms with E-state index in [9.17, 15) is 4.79 Å². The fraction of sp³-hybridized carbons (Fsp3) is 0.929. The Morgan fingerprint density at radius 1 is 1.24 bits per heavy atom. The van der Waals surface area contributed by atoms with Crippen molar-refractivity contribution in [3.05, 3.63) is 0 Å². The fourth-order valence-corrected chi connectivity index (χ4v) is 3.22. The van der Waals surface area contributed by atoms with Crippen LogP contribution in [0.25, 0.3) is 0 Å². The zero-order valence-corrected chi connectivity index (χ0v) is 11.4. The van der Waals surface area contributed by atoms with E-state index in [1.54, 1.807) is 0 Å². The summed E-state index contributed by atoms with van der Waals surface area (Å²) in [5.74, 6) is 2.20. The quantitative estimate of drug-likeness (QED) is 0.796. The third-order valence-corrected chi connectivity index (χ3v) is 4.64. The highest BCUT2D eigenvalue weighted by Crippen LogP contribution is 2.27. The zero-order valence-electron chi connectivity index (χ0n) is 11.4. The molecule has 0 spiro atoms. The molecule has 2 fully saturated rings. The van der Waals surface area contributed by atoms with Crippen LogP contribution in [0.5, 0.6) is 0 Å². The van der Waals surface area contributed by atoms with Gasteiger partial charge in [0.05, 0.1) is 5.92 Å². The number of piperidine rings is 1. The third-order valence-electron chi connectivity index (χ3n) is 4.64. The highest BCUT2D eigenvalue weighted by Gasteiger charge is 2.34. The van der Waals surface area contributed by atoms with Crippen molar-refractivity contribution in [1.82, 2.24) is 10.2 Å². The predicted octanol–water partition coefficient (Wildman–Crippen LogP) is 1.88. The molecule has 2 rings (SSSR count). The van der Waals surface area contributed by atoms with Crippen LogP contribution in [-0.4, -0.2) is 36.5 Å². The molecule has 3 nitrogen and oxygen atoms in total. The van der Waals surface area contributed by atoms with E-state index in [2.05, 4.69) is 31.0 Å². The van der Waals surface area contributed by atoms with Crippen molar-refractivity contribution in [2.75, 3.05) is 19.6 Å². The molecule has 2 heterocycles. The van der Waals surface area contributed by atoms with Crippen molar-refractivity contribution in [2.24, 2.45) is 17.8 Å². The van der Waals surface area contributed by atoms with Crippen LogP contribution < -0.4 is 5.32 Å². The Morgan fingerprint density at radius 3 is 2.35 bits per heavy atom. The number of carbonyl (C=O) groups is 1. The fourth-order valence-electron chi connectivity index (χ4n) is 3.22. The molecule has 0 bridgehead atoms. The summed E-state index contributed by atoms with van der Waals surface area (Å²) in [4.78, 5) is 14.5. The predicted molar refractivity (Wildman–Crippen MR) is 69.7 cm³/mol. The number of hydrogen-bond donors (Lipinski definition) is 1. The maximum Gasteiger partial charge on any atom is 0.227 e. The molecule has 2 aliphatic rings. The van der Waals surface area contributed by atoms with Gasteiger partial charge in [-0.15, -0.1) is 0 Å². The normalized spacial score (nSPS) is 31.2. The van der Waals surface area contributed by atoms with Crippen LogP contribution in [0.15, 0.2) is 0 Å². The standard InChI is InChI=1S/C14H26N2O/c1-10(2)12-5-8-16(9-6-12)14(17)13-4-7-15-11(13)3/h10-13,15H,4-9H2,1-3H3. The van der Waals surface area contributed by atoms with Crippen LogP contribution in [0.3, 0.4) is 0 Å². The second-order valence-electron chi connectivity index (χ2n) is 6.04. The lowest BCUT2D eigenvalue weighted by Gasteiger charge is -2.35. The molecule has 0 radical (unpaired) electrons. The van der Waals surface area contributed by atoms with Gasteiger partial charge < -0.3 is 10.2 Å². The van der Waals surface area contributed by atoms with Gasteiger partial charge in [-0.2, -0.15) is 0 Å². The van der Waals surface area contributed by atoms with Crippen LogP contribution in [0, 0.1) is 17.8 Å². The Morgan fingerprint density at radius 2 is 1.88 bits per heavy atom. The first kappa shape index (κ1) is 12.9. The average Bonchev–Trinajstić information content (AvgIpc) is 2.74. The van der Waals surface area contributed by atoms with E-state index in [4.69, 9.17) is 0 Å². The highest BCUT2D eigenvalue weighted by atomic mass is 16.2. The molecule has 0 aromatic heterocycles. The van der Waals surface area contributed by atoms with Crippen molar-refractivity contribution in [2.45, 2.75) is 46.1 Å². The summed E-state index contributed by atoms with van der Waals surface area (Å²) in [6.45, 7) is 9.68. The Kier molecular flexibility index (Phi) is 4.08. The van der Waals surface area contributed by atoms with Gasteiger partial charge in [-0.05, 0) is 44.6 Å². The summed E-state index contributed by atoms with van der Waals surface area (Å²) < 4.78 is 0. The van der Waals surface area contributed by atoms with Gasteiger partial charge in [0.15, 0.2) is 0 Å². The number of nitrogens with zero attached hydrogens (tertiary/aromatic N) is 1. The molecule has 0 aromatic carbocycles. The second kappa shape index (κ2) is 5.38. The first-order valence-electron chi connectivity index (χ1n) is 7.11. The molecular weight excluding hydrogens is 212 g/mol. The Labute approximate surface area is 105 Å². The first-order valence-corrected chi connectivity index (χ1v) is 7.11. The van der Waals surface area contributed by atoms with Crippen molar-refractivity contribution in [3.8, 4) is 0 Å². The summed E-state index contributed by atoms with van der Waals surface area (Å²) in [5.41, 5.74) is 0. The summed E-state index contributed by atoms with van der Waals surface area (Å²) in [5, 5.41) is 3.37. The van der Waals surface area contributed by atoms with Gasteiger partial charge in [0.1, 0.15) is 0 Å². The molecule has 1 amide bonds. The van der Waals surface area contributed by atoms with Crippen LogP contribution in [0.2, 0.25) is 0 Å². The molecule has 1 N–H and O–H groups in total. The van der Waals surface area contributed by atoms with Crippen LogP contribution >= 0.6 is 0 Å². The van der Waals surface area contributed by atoms with Gasteiger partial charge >= 0.3 is 0 Å². The first-order chi connectivity index (χ1) is 8.09. The molecule has 3 heteroatoms. The summed E-state index contributed by atoms with van der Waals surface area (Å²) in [7, 11) is 0. The number of hydrogen-bond acceptors (Lipinski definition) is 2. The smallest absolute Gasteiger partial charge is 0.227 e. The minimum absolute atomic E-state index is 0.227. The highest BCUT2D eigenvalue weighted by molar-refractivity contribution is 5.80. The van der Waals surface area contributed by atoms with Crippen molar-refractivity contribution >= 4 is 5.91 Å². The molecule has 98 valence electrons. The summed E-state index contributed by atoms with van der Waals surface area (Å²) in [6.07, 6.45) is 3.40. The summed E-state index contributed by atoms with van der Waals surface area (Å²) >= 11 is 0. The monoisotopic (exact) mass is 238 g/mol. The number of carbonyl (C=O) groups excluding carboxylic acids is 1. The van der Waals surface area contributed by atoms with Crippen LogP contribution in [0.4, 0.5) is 0 Å². The van der Waals surface area contributed by atoms with Crippen LogP contribution in [0.1, 0.15) is 40.0 Å². The van der Waals surface area contributed by atoms with Gasteiger partial charge in [0.25, 0.3) is 0 Å². The summed E-state index contributed by atoms with van der Waals surface area (Å²) in [6, 6.07) is 0.366. The van der Waals surface area contributed by atoms with E-state index >= 15 is 0 Å². The number of amides is 1. The molecule has 2 saturated heterocycles. The van der Waals surface area contributed by atoms with Crippen molar-refractivity contribution < 1.29 is 4.79 Å². The Hall–Kier alpha value is -0.570. The van der Waals surface area contributed by atoms with Gasteiger partial charge in [-0.3, -0.25) is 4.79 Å². The SMILES string of the molecule is CC(C)C1CCN(C(=O)C2CCNC2C)CC1. The van der Waals surface area contributed by atoms with Gasteiger partial charge in [0.2, 0.25) is 5.91 Å². The number of rotatable bonds is 2. The van der Waals surface area contributed by atoms with Crippen LogP contribution in [-0.2, 0) is 4.79 Å². The van der Waals surface area contributed by atoms with Gasteiger partial charge in [0, 0.05) is 19.1 Å². The van der Waals surface area contributed by atoms with E-state index in [-0.39, 0.29) is 5.92 Å². The lowest BCUT2D eigenvalue weighted by molar-refractivity contribution is -0.137. The Bertz CT molecular complexity index is 269. The molecule has 2 aliphatic heterocycles. The number of nitrogens with one attached hydrogen (secondary N) is 1. The van der Waals surface area contributed by atoms with Gasteiger partial charge in [-0.25, -0.2) is 0 Å². The zero-order chi connectivity index (χ0) is 12.4. The maximum atomic E-state index is 12.4.